The monoisotopic (exact) mass is 412 g/mol. The number of allylic oxidation sites excluding steroid dienone is 2. The molecule has 30 heavy (non-hydrogen) atoms. The lowest BCUT2D eigenvalue weighted by atomic mass is 9.81. The van der Waals surface area contributed by atoms with Crippen LogP contribution >= 0.6 is 0 Å². The second-order valence-electron chi connectivity index (χ2n) is 8.90. The van der Waals surface area contributed by atoms with Gasteiger partial charge in [0.1, 0.15) is 5.78 Å². The summed E-state index contributed by atoms with van der Waals surface area (Å²) in [5, 5.41) is 10.7. The van der Waals surface area contributed by atoms with Gasteiger partial charge in [0.05, 0.1) is 13.2 Å². The lowest BCUT2D eigenvalue weighted by molar-refractivity contribution is -0.140. The molecule has 2 aliphatic rings. The van der Waals surface area contributed by atoms with Gasteiger partial charge in [-0.2, -0.15) is 0 Å². The van der Waals surface area contributed by atoms with Crippen molar-refractivity contribution >= 4 is 11.8 Å². The lowest BCUT2D eigenvalue weighted by Gasteiger charge is -2.27. The van der Waals surface area contributed by atoms with E-state index in [4.69, 9.17) is 0 Å². The fourth-order valence-corrected chi connectivity index (χ4v) is 5.09. The molecular formula is C26H36O4. The number of aliphatic hydroxyl groups excluding tert-OH is 1. The number of carbonyl (C=O) groups is 2. The Morgan fingerprint density at radius 3 is 2.57 bits per heavy atom. The molecule has 0 amide bonds. The molecule has 0 radical (unpaired) electrons. The molecule has 3 atom stereocenters. The molecule has 164 valence electrons. The molecule has 2 aliphatic carbocycles. The van der Waals surface area contributed by atoms with E-state index in [1.165, 1.54) is 31.9 Å². The van der Waals surface area contributed by atoms with Gasteiger partial charge in [-0.05, 0) is 61.5 Å². The summed E-state index contributed by atoms with van der Waals surface area (Å²) in [7, 11) is 1.41. The van der Waals surface area contributed by atoms with E-state index < -0.39 is 0 Å². The van der Waals surface area contributed by atoms with E-state index in [0.717, 1.165) is 44.1 Å². The molecular weight excluding hydrogens is 376 g/mol. The fourth-order valence-electron chi connectivity index (χ4n) is 5.09. The highest BCUT2D eigenvalue weighted by molar-refractivity contribution is 5.84. The molecule has 1 N–H and O–H groups in total. The Morgan fingerprint density at radius 2 is 1.87 bits per heavy atom. The molecule has 0 heterocycles. The Labute approximate surface area is 180 Å². The number of esters is 1. The standard InChI is InChI=1S/C26H36O4/c1-30-25(28)12-8-3-2-7-11-23-22(17-18-24(23)27)19-13-15-21(16-14-19)26(29)20-9-5-4-6-10-20/h2,7,13-16,20,22-23,26,29H,3-6,8-12,17-18H2,1H3/t22?,23-,26?/m1/s1. The van der Waals surface area contributed by atoms with Crippen molar-refractivity contribution in [3.63, 3.8) is 0 Å². The summed E-state index contributed by atoms with van der Waals surface area (Å²) in [5.74, 6) is 0.862. The number of unbranched alkanes of at least 4 members (excludes halogenated alkanes) is 1. The van der Waals surface area contributed by atoms with Gasteiger partial charge in [-0.1, -0.05) is 55.7 Å². The lowest BCUT2D eigenvalue weighted by Crippen LogP contribution is -2.16. The summed E-state index contributed by atoms with van der Waals surface area (Å²) in [6.45, 7) is 0. The summed E-state index contributed by atoms with van der Waals surface area (Å²) in [5.41, 5.74) is 2.22. The van der Waals surface area contributed by atoms with Gasteiger partial charge in [0.2, 0.25) is 0 Å². The van der Waals surface area contributed by atoms with Crippen molar-refractivity contribution in [1.82, 2.24) is 0 Å². The Hall–Kier alpha value is -1.94. The zero-order valence-corrected chi connectivity index (χ0v) is 18.2. The molecule has 2 unspecified atom stereocenters. The average Bonchev–Trinajstić information content (AvgIpc) is 3.16. The highest BCUT2D eigenvalue weighted by atomic mass is 16.5. The fraction of sp³-hybridized carbons (Fsp3) is 0.615. The van der Waals surface area contributed by atoms with Crippen LogP contribution in [0.25, 0.3) is 0 Å². The predicted octanol–water partition coefficient (Wildman–Crippen LogP) is 5.65. The van der Waals surface area contributed by atoms with Gasteiger partial charge in [-0.3, -0.25) is 9.59 Å². The third-order valence-electron chi connectivity index (χ3n) is 6.94. The molecule has 0 spiro atoms. The summed E-state index contributed by atoms with van der Waals surface area (Å²) in [6.07, 6.45) is 14.1. The van der Waals surface area contributed by atoms with Crippen LogP contribution in [0.15, 0.2) is 36.4 Å². The first kappa shape index (κ1) is 22.7. The minimum absolute atomic E-state index is 0.0379. The summed E-state index contributed by atoms with van der Waals surface area (Å²) in [4.78, 5) is 23.6. The Balaban J connectivity index is 1.54. The van der Waals surface area contributed by atoms with E-state index >= 15 is 0 Å². The minimum atomic E-state index is -0.367. The molecule has 0 aromatic heterocycles. The van der Waals surface area contributed by atoms with Crippen molar-refractivity contribution in [1.29, 1.82) is 0 Å². The molecule has 1 aromatic rings. The van der Waals surface area contributed by atoms with E-state index in [-0.39, 0.29) is 23.9 Å². The predicted molar refractivity (Wildman–Crippen MR) is 118 cm³/mol. The quantitative estimate of drug-likeness (QED) is 0.323. The van der Waals surface area contributed by atoms with Crippen LogP contribution in [-0.2, 0) is 14.3 Å². The molecule has 0 bridgehead atoms. The molecule has 3 rings (SSSR count). The summed E-state index contributed by atoms with van der Waals surface area (Å²) >= 11 is 0. The molecule has 0 saturated heterocycles. The SMILES string of the molecule is COC(=O)CCCC=CC[C@H]1C(=O)CCC1c1ccc(C(O)C2CCCCC2)cc1. The zero-order chi connectivity index (χ0) is 21.3. The van der Waals surface area contributed by atoms with Crippen LogP contribution in [-0.4, -0.2) is 24.0 Å². The number of benzene rings is 1. The Bertz CT molecular complexity index is 715. The number of hydrogen-bond acceptors (Lipinski definition) is 4. The highest BCUT2D eigenvalue weighted by Gasteiger charge is 2.34. The number of ketones is 1. The summed E-state index contributed by atoms with van der Waals surface area (Å²) in [6, 6.07) is 8.38. The van der Waals surface area contributed by atoms with Gasteiger partial charge >= 0.3 is 5.97 Å². The van der Waals surface area contributed by atoms with Crippen molar-refractivity contribution in [2.24, 2.45) is 11.8 Å². The minimum Gasteiger partial charge on any atom is -0.469 e. The largest absolute Gasteiger partial charge is 0.469 e. The number of aliphatic hydroxyl groups is 1. The second-order valence-corrected chi connectivity index (χ2v) is 8.90. The number of methoxy groups -OCH3 is 1. The number of Topliss-reactive ketones (excluding diaryl/α,β-unsaturated/α-hetero) is 1. The van der Waals surface area contributed by atoms with E-state index in [1.807, 2.05) is 0 Å². The van der Waals surface area contributed by atoms with Crippen molar-refractivity contribution in [3.05, 3.63) is 47.5 Å². The molecule has 4 heteroatoms. The maximum absolute atomic E-state index is 12.5. The molecule has 0 aliphatic heterocycles. The van der Waals surface area contributed by atoms with Crippen molar-refractivity contribution in [2.75, 3.05) is 7.11 Å². The van der Waals surface area contributed by atoms with Crippen LogP contribution in [0, 0.1) is 11.8 Å². The van der Waals surface area contributed by atoms with Crippen LogP contribution in [0.2, 0.25) is 0 Å². The van der Waals surface area contributed by atoms with E-state index in [0.29, 0.717) is 24.5 Å². The third-order valence-corrected chi connectivity index (χ3v) is 6.94. The maximum Gasteiger partial charge on any atom is 0.305 e. The van der Waals surface area contributed by atoms with Gasteiger partial charge in [-0.15, -0.1) is 0 Å². The Kier molecular flexibility index (Phi) is 8.68. The second kappa shape index (κ2) is 11.5. The first-order valence-corrected chi connectivity index (χ1v) is 11.6. The van der Waals surface area contributed by atoms with Crippen LogP contribution in [0.4, 0.5) is 0 Å². The first-order valence-electron chi connectivity index (χ1n) is 11.6. The van der Waals surface area contributed by atoms with E-state index in [1.54, 1.807) is 0 Å². The smallest absolute Gasteiger partial charge is 0.305 e. The maximum atomic E-state index is 12.5. The van der Waals surface area contributed by atoms with Gasteiger partial charge in [0.15, 0.2) is 0 Å². The van der Waals surface area contributed by atoms with Crippen LogP contribution in [0.5, 0.6) is 0 Å². The highest BCUT2D eigenvalue weighted by Crippen LogP contribution is 2.40. The van der Waals surface area contributed by atoms with Crippen molar-refractivity contribution < 1.29 is 19.4 Å². The van der Waals surface area contributed by atoms with Crippen molar-refractivity contribution in [2.45, 2.75) is 82.7 Å². The van der Waals surface area contributed by atoms with Gasteiger partial charge in [-0.25, -0.2) is 0 Å². The van der Waals surface area contributed by atoms with E-state index in [2.05, 4.69) is 41.2 Å². The van der Waals surface area contributed by atoms with Crippen LogP contribution in [0.1, 0.15) is 93.8 Å². The van der Waals surface area contributed by atoms with Crippen molar-refractivity contribution in [3.8, 4) is 0 Å². The number of hydrogen-bond donors (Lipinski definition) is 1. The number of rotatable bonds is 9. The molecule has 1 aromatic carbocycles. The first-order chi connectivity index (χ1) is 14.6. The average molecular weight is 413 g/mol. The molecule has 2 saturated carbocycles. The number of ether oxygens (including phenoxy) is 1. The Morgan fingerprint density at radius 1 is 1.13 bits per heavy atom. The van der Waals surface area contributed by atoms with E-state index in [9.17, 15) is 14.7 Å². The summed E-state index contributed by atoms with van der Waals surface area (Å²) < 4.78 is 4.65. The van der Waals surface area contributed by atoms with Gasteiger partial charge < -0.3 is 9.84 Å². The normalized spacial score (nSPS) is 23.7. The van der Waals surface area contributed by atoms with Crippen LogP contribution in [0.3, 0.4) is 0 Å². The molecule has 4 nitrogen and oxygen atoms in total. The molecule has 2 fully saturated rings. The zero-order valence-electron chi connectivity index (χ0n) is 18.2. The van der Waals surface area contributed by atoms with Gasteiger partial charge in [0, 0.05) is 18.8 Å². The van der Waals surface area contributed by atoms with Crippen LogP contribution < -0.4 is 0 Å². The third kappa shape index (κ3) is 6.04. The number of carbonyl (C=O) groups excluding carboxylic acids is 2. The topological polar surface area (TPSA) is 63.6 Å². The van der Waals surface area contributed by atoms with Gasteiger partial charge in [0.25, 0.3) is 0 Å².